The van der Waals surface area contributed by atoms with Gasteiger partial charge in [0.2, 0.25) is 5.41 Å². The number of hydrogen-bond acceptors (Lipinski definition) is 6. The van der Waals surface area contributed by atoms with Crippen molar-refractivity contribution in [1.82, 2.24) is 9.29 Å². The quantitative estimate of drug-likeness (QED) is 0.100. The summed E-state index contributed by atoms with van der Waals surface area (Å²) in [5, 5.41) is 0. The maximum atomic E-state index is 15.1. The zero-order chi connectivity index (χ0) is 42.0. The number of alkyl halides is 12. The lowest BCUT2D eigenvalue weighted by molar-refractivity contribution is -0.288. The minimum absolute atomic E-state index is 0.129. The van der Waals surface area contributed by atoms with E-state index in [4.69, 9.17) is 9.68 Å². The van der Waals surface area contributed by atoms with Gasteiger partial charge in [0.25, 0.3) is 0 Å². The van der Waals surface area contributed by atoms with Gasteiger partial charge in [-0.15, -0.1) is 0 Å². The van der Waals surface area contributed by atoms with E-state index < -0.39 is 108 Å². The van der Waals surface area contributed by atoms with Crippen molar-refractivity contribution in [2.45, 2.75) is 30.1 Å². The van der Waals surface area contributed by atoms with Crippen molar-refractivity contribution in [2.24, 2.45) is 0 Å². The number of hydrogen-bond donors (Lipinski definition) is 0. The van der Waals surface area contributed by atoms with Crippen LogP contribution in [-0.2, 0) is 24.6 Å². The molecule has 2 atom stereocenters. The fraction of sp³-hybridized carbons (Fsp3) is 0.135. The third-order valence-corrected chi connectivity index (χ3v) is 8.95. The van der Waals surface area contributed by atoms with Crippen LogP contribution < -0.4 is 19.0 Å². The second-order valence-corrected chi connectivity index (χ2v) is 12.3. The Hall–Kier alpha value is -6.28. The first-order valence-electron chi connectivity index (χ1n) is 15.8. The highest BCUT2D eigenvalue weighted by Crippen LogP contribution is 2.57. The van der Waals surface area contributed by atoms with Crippen molar-refractivity contribution in [3.8, 4) is 11.5 Å². The van der Waals surface area contributed by atoms with Crippen LogP contribution in [0.25, 0.3) is 0 Å². The first-order chi connectivity index (χ1) is 26.4. The fourth-order valence-corrected chi connectivity index (χ4v) is 6.37. The topological polar surface area (TPSA) is 86.7 Å². The number of quaternary nitrogens is 2. The number of para-hydroxylation sites is 2. The predicted octanol–water partition coefficient (Wildman–Crippen LogP) is 8.81. The van der Waals surface area contributed by atoms with E-state index in [2.05, 4.69) is 0 Å². The first-order valence-corrected chi connectivity index (χ1v) is 15.8. The summed E-state index contributed by atoms with van der Waals surface area (Å²) < 4.78 is 169. The molecule has 4 aromatic carbocycles. The lowest BCUT2D eigenvalue weighted by Gasteiger charge is -2.38. The number of imide groups is 2. The number of rotatable bonds is 8. The normalized spacial score (nSPS) is 20.8. The highest BCUT2D eigenvalue weighted by molar-refractivity contribution is 6.26. The summed E-state index contributed by atoms with van der Waals surface area (Å²) in [6.07, 6.45) is -23.8. The van der Waals surface area contributed by atoms with Gasteiger partial charge in [-0.1, -0.05) is 60.7 Å². The van der Waals surface area contributed by atoms with Crippen LogP contribution in [0.1, 0.15) is 11.1 Å². The summed E-state index contributed by atoms with van der Waals surface area (Å²) in [4.78, 5) is 63.7. The molecule has 0 fully saturated rings. The third kappa shape index (κ3) is 6.33. The minimum atomic E-state index is -6.33. The van der Waals surface area contributed by atoms with E-state index in [0.717, 1.165) is 24.3 Å². The van der Waals surface area contributed by atoms with Crippen LogP contribution in [0.3, 0.4) is 0 Å². The van der Waals surface area contributed by atoms with Crippen molar-refractivity contribution in [2.75, 3.05) is 0 Å². The molecule has 2 heterocycles. The monoisotopic (exact) mass is 816 g/mol. The van der Waals surface area contributed by atoms with Crippen molar-refractivity contribution < 1.29 is 81.5 Å². The maximum Gasteiger partial charge on any atom is 0.426 e. The second-order valence-electron chi connectivity index (χ2n) is 12.3. The zero-order valence-electron chi connectivity index (χ0n) is 27.9. The average Bonchev–Trinajstić information content (AvgIpc) is 3.54. The molecule has 0 saturated heterocycles. The van der Waals surface area contributed by atoms with Gasteiger partial charge in [-0.25, -0.2) is 19.2 Å². The Morgan fingerprint density at radius 2 is 0.702 bits per heavy atom. The Morgan fingerprint density at radius 1 is 0.404 bits per heavy atom. The molecule has 0 spiro atoms. The van der Waals surface area contributed by atoms with E-state index in [9.17, 15) is 45.5 Å². The Labute approximate surface area is 311 Å². The van der Waals surface area contributed by atoms with Gasteiger partial charge in [-0.05, 0) is 35.4 Å². The van der Waals surface area contributed by atoms with E-state index in [-0.39, 0.29) is 36.4 Å². The molecule has 0 saturated carbocycles. The van der Waals surface area contributed by atoms with Gasteiger partial charge < -0.3 is 0 Å². The number of carbonyl (C=O) groups is 4. The maximum absolute atomic E-state index is 15.1. The summed E-state index contributed by atoms with van der Waals surface area (Å²) in [6.45, 7) is 0. The lowest BCUT2D eigenvalue weighted by atomic mass is 9.72. The van der Waals surface area contributed by atoms with Crippen molar-refractivity contribution in [3.63, 3.8) is 0 Å². The fourth-order valence-electron chi connectivity index (χ4n) is 6.37. The van der Waals surface area contributed by atoms with Gasteiger partial charge in [0.15, 0.2) is 34.0 Å². The standard InChI is InChI=1S/C37H20F12N2O6/c38-34(39,40)27-19-29(52)50(31(27)54,56-25-7-3-1-4-8-25)23-15-11-21(12-16-23)33(36(44,45)46,37(47,48)49)22-13-17-24(18-14-22)51(57-26-9-5-2-6-10-26)30(53)20-28(32(51)55)35(41,42)43/h1-20H/q+2. The zero-order valence-corrected chi connectivity index (χ0v) is 27.9. The number of benzene rings is 4. The van der Waals surface area contributed by atoms with Crippen molar-refractivity contribution in [1.29, 1.82) is 0 Å². The molecule has 4 amide bonds. The van der Waals surface area contributed by atoms with E-state index in [1.165, 1.54) is 36.4 Å². The molecule has 0 N–H and O–H groups in total. The van der Waals surface area contributed by atoms with Crippen LogP contribution in [0, 0.1) is 0 Å². The predicted molar refractivity (Wildman–Crippen MR) is 172 cm³/mol. The third-order valence-electron chi connectivity index (χ3n) is 8.95. The summed E-state index contributed by atoms with van der Waals surface area (Å²) in [7, 11) is 0. The SMILES string of the molecule is O=C1C=C(C(F)(F)F)C(=O)[N+]1(Oc1ccccc1)c1ccc(C(c2ccc([N+]3(Oc4ccccc4)C(=O)C=C(C(F)(F)F)C3=O)cc2)(C(F)(F)F)C(F)(F)F)cc1. The first kappa shape index (κ1) is 40.4. The molecular weight excluding hydrogens is 796 g/mol. The van der Waals surface area contributed by atoms with Gasteiger partial charge in [0.05, 0.1) is 12.2 Å². The van der Waals surface area contributed by atoms with Gasteiger partial charge >= 0.3 is 48.3 Å². The highest BCUT2D eigenvalue weighted by Gasteiger charge is 2.73. The van der Waals surface area contributed by atoms with E-state index in [0.29, 0.717) is 24.3 Å². The van der Waals surface area contributed by atoms with E-state index >= 15 is 26.3 Å². The van der Waals surface area contributed by atoms with Crippen LogP contribution >= 0.6 is 0 Å². The van der Waals surface area contributed by atoms with E-state index in [1.54, 1.807) is 0 Å². The van der Waals surface area contributed by atoms with Gasteiger partial charge in [-0.3, -0.25) is 9.68 Å². The van der Waals surface area contributed by atoms with Gasteiger partial charge in [0.1, 0.15) is 0 Å². The number of amides is 4. The molecule has 296 valence electrons. The summed E-state index contributed by atoms with van der Waals surface area (Å²) in [5.41, 5.74) is -14.3. The molecule has 6 rings (SSSR count). The van der Waals surface area contributed by atoms with Crippen LogP contribution in [0.15, 0.2) is 132 Å². The Kier molecular flexibility index (Phi) is 9.52. The Morgan fingerprint density at radius 3 is 0.947 bits per heavy atom. The number of halogens is 12. The Balaban J connectivity index is 1.50. The number of nitrogens with zero attached hydrogens (tertiary/aromatic N) is 2. The average molecular weight is 817 g/mol. The molecular formula is C37H20F12N2O6+2. The molecule has 0 radical (unpaired) electrons. The van der Waals surface area contributed by atoms with Gasteiger partial charge in [0, 0.05) is 33.6 Å². The summed E-state index contributed by atoms with van der Waals surface area (Å²) in [6, 6.07) is 14.3. The van der Waals surface area contributed by atoms with Crippen LogP contribution in [0.4, 0.5) is 64.1 Å². The molecule has 8 nitrogen and oxygen atoms in total. The Bertz CT molecular complexity index is 2150. The van der Waals surface area contributed by atoms with Crippen LogP contribution in [0.2, 0.25) is 0 Å². The van der Waals surface area contributed by atoms with E-state index in [1.807, 2.05) is 0 Å². The molecule has 0 aromatic heterocycles. The molecule has 57 heavy (non-hydrogen) atoms. The molecule has 2 unspecified atom stereocenters. The molecule has 4 aromatic rings. The van der Waals surface area contributed by atoms with Gasteiger partial charge in [-0.2, -0.15) is 52.7 Å². The highest BCUT2D eigenvalue weighted by atomic mass is 19.4. The number of carbonyl (C=O) groups excluding carboxylic acids is 4. The van der Waals surface area contributed by atoms with Crippen LogP contribution in [0.5, 0.6) is 11.5 Å². The molecule has 0 aliphatic carbocycles. The largest absolute Gasteiger partial charge is 0.426 e. The summed E-state index contributed by atoms with van der Waals surface area (Å²) in [5.74, 6) is -8.35. The molecule has 0 bridgehead atoms. The van der Waals surface area contributed by atoms with Crippen molar-refractivity contribution in [3.05, 3.63) is 144 Å². The molecule has 2 aliphatic heterocycles. The number of hydroxylamine groups is 4. The lowest BCUT2D eigenvalue weighted by Crippen LogP contribution is -2.59. The molecule has 20 heteroatoms. The molecule has 2 aliphatic rings. The van der Waals surface area contributed by atoms with Crippen molar-refractivity contribution >= 4 is 35.0 Å². The minimum Gasteiger partial charge on any atom is -0.293 e. The van der Waals surface area contributed by atoms with Crippen LogP contribution in [-0.4, -0.2) is 48.3 Å². The smallest absolute Gasteiger partial charge is 0.293 e. The summed E-state index contributed by atoms with van der Waals surface area (Å²) >= 11 is 0. The second kappa shape index (κ2) is 13.4.